The Morgan fingerprint density at radius 3 is 1.51 bits per heavy atom. The van der Waals surface area contributed by atoms with E-state index in [4.69, 9.17) is 17.7 Å². The number of thiol groups is 2. The molecule has 4 aromatic carbocycles. The molecule has 0 unspecified atom stereocenters. The molecule has 1 N–H and O–H groups in total. The average Bonchev–Trinajstić information content (AvgIpc) is 2.84. The summed E-state index contributed by atoms with van der Waals surface area (Å²) in [6.45, 7) is 2.10. The van der Waals surface area contributed by atoms with Crippen molar-refractivity contribution >= 4 is 47.1 Å². The van der Waals surface area contributed by atoms with Crippen molar-refractivity contribution in [2.75, 3.05) is 0 Å². The molecule has 0 spiro atoms. The lowest BCUT2D eigenvalue weighted by Crippen LogP contribution is -2.21. The normalized spacial score (nSPS) is 10.9. The maximum atomic E-state index is 10.7. The summed E-state index contributed by atoms with van der Waals surface area (Å²) in [4.78, 5) is 4.46. The van der Waals surface area contributed by atoms with Crippen LogP contribution in [-0.4, -0.2) is 18.5 Å². The quantitative estimate of drug-likeness (QED) is 0.127. The Balaban J connectivity index is 0.000000205. The smallest absolute Gasteiger partial charge is 0.457 e. The standard InChI is InChI=1S/C13H12S2.C12H10OS.CHF3O3S/c1-10-2-6-12(7-3-10)15-13-8-4-11(14)5-9-13;14-12-8-6-11(7-9-12)13-10-4-2-1-3-5-10;2-1(3,4)8(5,6)7/h2-9,14H,1H3;1-9,14H;(H,5,6,7). The largest absolute Gasteiger partial charge is 0.522 e. The van der Waals surface area contributed by atoms with Crippen molar-refractivity contribution in [3.63, 3.8) is 0 Å². The summed E-state index contributed by atoms with van der Waals surface area (Å²) in [5, 5.41) is 0. The highest BCUT2D eigenvalue weighted by molar-refractivity contribution is 7.99. The van der Waals surface area contributed by atoms with Crippen molar-refractivity contribution in [2.45, 2.75) is 32.0 Å². The van der Waals surface area contributed by atoms with Crippen LogP contribution in [0.2, 0.25) is 0 Å². The van der Waals surface area contributed by atoms with Crippen molar-refractivity contribution in [1.29, 1.82) is 0 Å². The molecule has 37 heavy (non-hydrogen) atoms. The van der Waals surface area contributed by atoms with E-state index in [0.29, 0.717) is 0 Å². The van der Waals surface area contributed by atoms with Gasteiger partial charge in [0.25, 0.3) is 0 Å². The highest BCUT2D eigenvalue weighted by Gasteiger charge is 2.44. The molecule has 4 nitrogen and oxygen atoms in total. The Kier molecular flexibility index (Phi) is 11.9. The van der Waals surface area contributed by atoms with Crippen LogP contribution in [0.4, 0.5) is 13.2 Å². The van der Waals surface area contributed by atoms with Crippen molar-refractivity contribution in [3.8, 4) is 11.5 Å². The molecule has 4 aromatic rings. The van der Waals surface area contributed by atoms with Gasteiger partial charge in [0.15, 0.2) is 0 Å². The van der Waals surface area contributed by atoms with Gasteiger partial charge in [-0.25, -0.2) is 0 Å². The number of hydrogen-bond acceptors (Lipinski definition) is 6. The van der Waals surface area contributed by atoms with Crippen LogP contribution < -0.4 is 4.74 Å². The topological polar surface area (TPSA) is 63.6 Å². The summed E-state index contributed by atoms with van der Waals surface area (Å²) in [6.07, 6.45) is 0. The van der Waals surface area contributed by atoms with Gasteiger partial charge in [0.1, 0.15) is 11.5 Å². The number of benzene rings is 4. The third-order valence-corrected chi connectivity index (χ3v) is 6.40. The number of halogens is 3. The molecule has 0 saturated carbocycles. The third kappa shape index (κ3) is 12.0. The summed E-state index contributed by atoms with van der Waals surface area (Å²) in [5.41, 5.74) is -4.24. The highest BCUT2D eigenvalue weighted by atomic mass is 32.2. The lowest BCUT2D eigenvalue weighted by atomic mass is 10.2. The first-order valence-corrected chi connectivity index (χ1v) is 13.6. The molecule has 0 saturated heterocycles. The van der Waals surface area contributed by atoms with Gasteiger partial charge in [0.2, 0.25) is 0 Å². The second kappa shape index (κ2) is 14.4. The lowest BCUT2D eigenvalue weighted by molar-refractivity contribution is -0.0510. The first-order valence-electron chi connectivity index (χ1n) is 10.4. The maximum Gasteiger partial charge on any atom is 0.522 e. The van der Waals surface area contributed by atoms with E-state index in [1.165, 1.54) is 15.4 Å². The van der Waals surface area contributed by atoms with Crippen LogP contribution in [0.3, 0.4) is 0 Å². The molecule has 0 bridgehead atoms. The van der Waals surface area contributed by atoms with Crippen molar-refractivity contribution in [3.05, 3.63) is 109 Å². The molecule has 0 atom stereocenters. The lowest BCUT2D eigenvalue weighted by Gasteiger charge is -2.04. The fourth-order valence-corrected chi connectivity index (χ4v) is 3.51. The van der Waals surface area contributed by atoms with E-state index in [9.17, 15) is 13.2 Å². The van der Waals surface area contributed by atoms with Gasteiger partial charge in [-0.15, -0.1) is 25.3 Å². The Labute approximate surface area is 229 Å². The van der Waals surface area contributed by atoms with E-state index >= 15 is 0 Å². The Bertz CT molecular complexity index is 1280. The molecule has 11 heteroatoms. The van der Waals surface area contributed by atoms with E-state index in [1.54, 1.807) is 11.8 Å². The van der Waals surface area contributed by atoms with Gasteiger partial charge in [0, 0.05) is 19.6 Å². The number of alkyl halides is 3. The first kappa shape index (κ1) is 30.7. The molecule has 0 radical (unpaired) electrons. The second-order valence-corrected chi connectivity index (χ2v) is 10.8. The zero-order valence-corrected chi connectivity index (χ0v) is 22.8. The van der Waals surface area contributed by atoms with Gasteiger partial charge >= 0.3 is 15.6 Å². The fourth-order valence-electron chi connectivity index (χ4n) is 2.40. The van der Waals surface area contributed by atoms with Gasteiger partial charge in [-0.05, 0) is 79.7 Å². The molecule has 0 aliphatic rings. The maximum absolute atomic E-state index is 10.7. The minimum atomic E-state index is -5.84. The van der Waals surface area contributed by atoms with Crippen LogP contribution in [0, 0.1) is 6.92 Å². The number of para-hydroxylation sites is 1. The molecule has 0 fully saturated rings. The predicted octanol–water partition coefficient (Wildman–Crippen LogP) is 8.60. The fraction of sp³-hybridized carbons (Fsp3) is 0.0769. The Hall–Kier alpha value is -2.57. The number of aryl methyl sites for hydroxylation is 1. The summed E-state index contributed by atoms with van der Waals surface area (Å²) >= 11 is 10.2. The third-order valence-electron chi connectivity index (χ3n) is 4.20. The SMILES string of the molecule is Cc1ccc(Sc2ccc(S)cc2)cc1.O=S(=O)(O)C(F)(F)F.Sc1ccc(Oc2ccccc2)cc1. The van der Waals surface area contributed by atoms with Crippen molar-refractivity contribution < 1.29 is 30.9 Å². The monoisotopic (exact) mass is 584 g/mol. The van der Waals surface area contributed by atoms with Crippen molar-refractivity contribution in [1.82, 2.24) is 0 Å². The van der Waals surface area contributed by atoms with Crippen LogP contribution in [0.5, 0.6) is 11.5 Å². The van der Waals surface area contributed by atoms with Gasteiger partial charge in [-0.2, -0.15) is 21.6 Å². The van der Waals surface area contributed by atoms with E-state index in [2.05, 4.69) is 68.6 Å². The number of ether oxygens (including phenoxy) is 1. The van der Waals surface area contributed by atoms with E-state index in [1.807, 2.05) is 66.7 Å². The zero-order valence-electron chi connectivity index (χ0n) is 19.3. The summed E-state index contributed by atoms with van der Waals surface area (Å²) in [6, 6.07) is 34.1. The molecule has 0 amide bonds. The predicted molar refractivity (Wildman–Crippen MR) is 147 cm³/mol. The average molecular weight is 585 g/mol. The van der Waals surface area contributed by atoms with Crippen LogP contribution in [0.15, 0.2) is 123 Å². The van der Waals surface area contributed by atoms with E-state index < -0.39 is 15.6 Å². The van der Waals surface area contributed by atoms with Gasteiger partial charge in [0.05, 0.1) is 0 Å². The van der Waals surface area contributed by atoms with Crippen LogP contribution >= 0.6 is 37.0 Å². The molecule has 196 valence electrons. The summed E-state index contributed by atoms with van der Waals surface area (Å²) in [5.74, 6) is 1.67. The highest BCUT2D eigenvalue weighted by Crippen LogP contribution is 2.28. The van der Waals surface area contributed by atoms with Gasteiger partial charge < -0.3 is 4.74 Å². The second-order valence-electron chi connectivity index (χ2n) is 7.24. The summed E-state index contributed by atoms with van der Waals surface area (Å²) < 4.78 is 63.1. The molecule has 0 aliphatic carbocycles. The number of rotatable bonds is 4. The molecule has 0 aliphatic heterocycles. The van der Waals surface area contributed by atoms with Gasteiger partial charge in [-0.3, -0.25) is 4.55 Å². The van der Waals surface area contributed by atoms with Gasteiger partial charge in [-0.1, -0.05) is 47.7 Å². The van der Waals surface area contributed by atoms with Crippen molar-refractivity contribution in [2.24, 2.45) is 0 Å². The Morgan fingerprint density at radius 2 is 1.08 bits per heavy atom. The molecule has 0 aromatic heterocycles. The Morgan fingerprint density at radius 1 is 0.703 bits per heavy atom. The number of hydrogen-bond donors (Lipinski definition) is 3. The van der Waals surface area contributed by atoms with E-state index in [-0.39, 0.29) is 0 Å². The minimum absolute atomic E-state index is 0.828. The summed E-state index contributed by atoms with van der Waals surface area (Å²) in [7, 11) is -5.84. The molecular weight excluding hydrogens is 562 g/mol. The molecule has 4 rings (SSSR count). The van der Waals surface area contributed by atoms with E-state index in [0.717, 1.165) is 21.3 Å². The molecule has 0 heterocycles. The zero-order chi connectivity index (χ0) is 27.5. The van der Waals surface area contributed by atoms with Crippen LogP contribution in [0.1, 0.15) is 5.56 Å². The minimum Gasteiger partial charge on any atom is -0.457 e. The van der Waals surface area contributed by atoms with Crippen LogP contribution in [-0.2, 0) is 10.1 Å². The first-order chi connectivity index (χ1) is 17.3. The molecular formula is C26H23F3O4S4. The van der Waals surface area contributed by atoms with Crippen LogP contribution in [0.25, 0.3) is 0 Å².